The molecule has 1 rings (SSSR count). The average Bonchev–Trinajstić information content (AvgIpc) is 2.47. The van der Waals surface area contributed by atoms with Gasteiger partial charge in [0.2, 0.25) is 5.88 Å². The van der Waals surface area contributed by atoms with E-state index in [0.29, 0.717) is 19.0 Å². The Bertz CT molecular complexity index is 255. The summed E-state index contributed by atoms with van der Waals surface area (Å²) in [7, 11) is 0. The van der Waals surface area contributed by atoms with Gasteiger partial charge in [-0.25, -0.2) is 9.69 Å². The van der Waals surface area contributed by atoms with Gasteiger partial charge in [0.1, 0.15) is 12.2 Å². The molecule has 0 unspecified atom stereocenters. The van der Waals surface area contributed by atoms with Gasteiger partial charge >= 0.3 is 6.09 Å². The van der Waals surface area contributed by atoms with E-state index in [0.717, 1.165) is 0 Å². The molecule has 14 heavy (non-hydrogen) atoms. The number of hydrogen-bond acceptors (Lipinski definition) is 4. The number of carbonyl (C=O) groups excluding carboxylic acids is 1. The fourth-order valence-electron chi connectivity index (χ4n) is 1.07. The summed E-state index contributed by atoms with van der Waals surface area (Å²) in [6.07, 6.45) is 0.836. The number of hydrogen-bond donors (Lipinski definition) is 1. The third kappa shape index (κ3) is 2.55. The number of amides is 1. The molecule has 0 spiro atoms. The maximum absolute atomic E-state index is 11.6. The number of carbonyl (C=O) groups is 1. The van der Waals surface area contributed by atoms with Crippen molar-refractivity contribution < 1.29 is 14.3 Å². The molecule has 0 aliphatic carbocycles. The van der Waals surface area contributed by atoms with Crippen LogP contribution in [0, 0.1) is 0 Å². The molecule has 80 valence electrons. The predicted molar refractivity (Wildman–Crippen MR) is 51.2 cm³/mol. The fourth-order valence-corrected chi connectivity index (χ4v) is 1.07. The first-order chi connectivity index (χ1) is 6.44. The normalized spacial score (nSPS) is 19.6. The molecular weight excluding hydrogens is 184 g/mol. The highest BCUT2D eigenvalue weighted by atomic mass is 16.6. The van der Waals surface area contributed by atoms with Gasteiger partial charge in [-0.2, -0.15) is 0 Å². The lowest BCUT2D eigenvalue weighted by Crippen LogP contribution is -2.34. The summed E-state index contributed by atoms with van der Waals surface area (Å²) in [4.78, 5) is 12.9. The van der Waals surface area contributed by atoms with E-state index in [1.54, 1.807) is 0 Å². The monoisotopic (exact) mass is 200 g/mol. The standard InChI is InChI=1S/C9H16N2O3/c1-9(2,3)14-8(12)11-4-5-13-7(11)6-10/h6H,4-5,10H2,1-3H3. The third-order valence-electron chi connectivity index (χ3n) is 1.59. The van der Waals surface area contributed by atoms with Gasteiger partial charge in [-0.05, 0) is 20.8 Å². The summed E-state index contributed by atoms with van der Waals surface area (Å²) in [5.41, 5.74) is 4.79. The zero-order valence-electron chi connectivity index (χ0n) is 8.74. The number of ether oxygens (including phenoxy) is 2. The Morgan fingerprint density at radius 2 is 2.29 bits per heavy atom. The molecule has 0 aromatic carbocycles. The van der Waals surface area contributed by atoms with E-state index in [1.165, 1.54) is 11.1 Å². The van der Waals surface area contributed by atoms with Crippen LogP contribution in [0.15, 0.2) is 12.1 Å². The van der Waals surface area contributed by atoms with E-state index in [1.807, 2.05) is 20.8 Å². The summed E-state index contributed by atoms with van der Waals surface area (Å²) in [6, 6.07) is 0. The van der Waals surface area contributed by atoms with Crippen molar-refractivity contribution in [3.8, 4) is 0 Å². The molecule has 1 aliphatic heterocycles. The van der Waals surface area contributed by atoms with Gasteiger partial charge in [0, 0.05) is 0 Å². The topological polar surface area (TPSA) is 64.8 Å². The van der Waals surface area contributed by atoms with Gasteiger partial charge in [0.05, 0.1) is 12.7 Å². The Balaban J connectivity index is 2.61. The smallest absolute Gasteiger partial charge is 0.417 e. The number of nitrogens with two attached hydrogens (primary N) is 1. The molecule has 0 atom stereocenters. The number of rotatable bonds is 0. The van der Waals surface area contributed by atoms with E-state index in [9.17, 15) is 4.79 Å². The molecule has 1 amide bonds. The summed E-state index contributed by atoms with van der Waals surface area (Å²) in [5.74, 6) is 0.360. The van der Waals surface area contributed by atoms with Crippen LogP contribution in [-0.4, -0.2) is 29.7 Å². The van der Waals surface area contributed by atoms with Gasteiger partial charge in [-0.3, -0.25) is 0 Å². The lowest BCUT2D eigenvalue weighted by atomic mass is 10.2. The Labute approximate surface area is 83.5 Å². The second-order valence-electron chi connectivity index (χ2n) is 3.99. The van der Waals surface area contributed by atoms with Crippen molar-refractivity contribution in [1.82, 2.24) is 4.90 Å². The van der Waals surface area contributed by atoms with Crippen LogP contribution in [0.25, 0.3) is 0 Å². The van der Waals surface area contributed by atoms with Crippen molar-refractivity contribution >= 4 is 6.09 Å². The Morgan fingerprint density at radius 3 is 2.79 bits per heavy atom. The van der Waals surface area contributed by atoms with Gasteiger partial charge < -0.3 is 15.2 Å². The molecule has 0 saturated carbocycles. The molecule has 0 aromatic rings. The van der Waals surface area contributed by atoms with Crippen molar-refractivity contribution in [3.63, 3.8) is 0 Å². The first-order valence-corrected chi connectivity index (χ1v) is 4.49. The van der Waals surface area contributed by atoms with Gasteiger partial charge in [-0.15, -0.1) is 0 Å². The van der Waals surface area contributed by atoms with E-state index in [4.69, 9.17) is 15.2 Å². The highest BCUT2D eigenvalue weighted by molar-refractivity contribution is 5.70. The van der Waals surface area contributed by atoms with Crippen LogP contribution in [0.2, 0.25) is 0 Å². The van der Waals surface area contributed by atoms with Crippen molar-refractivity contribution in [2.45, 2.75) is 26.4 Å². The van der Waals surface area contributed by atoms with Crippen molar-refractivity contribution in [2.24, 2.45) is 5.73 Å². The second-order valence-corrected chi connectivity index (χ2v) is 3.99. The van der Waals surface area contributed by atoms with Crippen LogP contribution in [0.1, 0.15) is 20.8 Å². The fraction of sp³-hybridized carbons (Fsp3) is 0.667. The third-order valence-corrected chi connectivity index (χ3v) is 1.59. The lowest BCUT2D eigenvalue weighted by molar-refractivity contribution is 0.0314. The lowest BCUT2D eigenvalue weighted by Gasteiger charge is -2.23. The summed E-state index contributed by atoms with van der Waals surface area (Å²) >= 11 is 0. The minimum Gasteiger partial charge on any atom is -0.476 e. The van der Waals surface area contributed by atoms with Gasteiger partial charge in [0.15, 0.2) is 0 Å². The average molecular weight is 200 g/mol. The zero-order valence-corrected chi connectivity index (χ0v) is 8.74. The highest BCUT2D eigenvalue weighted by Crippen LogP contribution is 2.17. The quantitative estimate of drug-likeness (QED) is 0.633. The van der Waals surface area contributed by atoms with E-state index >= 15 is 0 Å². The molecule has 5 nitrogen and oxygen atoms in total. The molecule has 1 saturated heterocycles. The van der Waals surface area contributed by atoms with E-state index < -0.39 is 11.7 Å². The molecule has 0 radical (unpaired) electrons. The first-order valence-electron chi connectivity index (χ1n) is 4.49. The molecule has 0 aromatic heterocycles. The molecule has 1 fully saturated rings. The molecule has 5 heteroatoms. The van der Waals surface area contributed by atoms with Crippen LogP contribution in [0.3, 0.4) is 0 Å². The van der Waals surface area contributed by atoms with Crippen LogP contribution in [0.4, 0.5) is 4.79 Å². The van der Waals surface area contributed by atoms with Crippen molar-refractivity contribution in [3.05, 3.63) is 12.1 Å². The molecule has 2 N–H and O–H groups in total. The Kier molecular flexibility index (Phi) is 2.88. The Morgan fingerprint density at radius 1 is 1.64 bits per heavy atom. The summed E-state index contributed by atoms with van der Waals surface area (Å²) in [5, 5.41) is 0. The first kappa shape index (κ1) is 10.7. The maximum atomic E-state index is 11.6. The van der Waals surface area contributed by atoms with Crippen LogP contribution in [-0.2, 0) is 9.47 Å². The van der Waals surface area contributed by atoms with Crippen LogP contribution in [0.5, 0.6) is 0 Å². The maximum Gasteiger partial charge on any atom is 0.417 e. The highest BCUT2D eigenvalue weighted by Gasteiger charge is 2.29. The van der Waals surface area contributed by atoms with E-state index in [-0.39, 0.29) is 0 Å². The van der Waals surface area contributed by atoms with Gasteiger partial charge in [0.25, 0.3) is 0 Å². The van der Waals surface area contributed by atoms with Gasteiger partial charge in [-0.1, -0.05) is 0 Å². The zero-order chi connectivity index (χ0) is 10.8. The predicted octanol–water partition coefficient (Wildman–Crippen LogP) is 1.01. The van der Waals surface area contributed by atoms with Crippen LogP contribution >= 0.6 is 0 Å². The SMILES string of the molecule is CC(C)(C)OC(=O)N1CCOC1=CN. The van der Waals surface area contributed by atoms with E-state index in [2.05, 4.69) is 0 Å². The van der Waals surface area contributed by atoms with Crippen LogP contribution < -0.4 is 5.73 Å². The van der Waals surface area contributed by atoms with Crippen molar-refractivity contribution in [2.75, 3.05) is 13.2 Å². The molecule has 0 bridgehead atoms. The second kappa shape index (κ2) is 3.77. The molecular formula is C9H16N2O3. The molecule has 1 heterocycles. The summed E-state index contributed by atoms with van der Waals surface area (Å²) < 4.78 is 10.3. The van der Waals surface area contributed by atoms with Crippen molar-refractivity contribution in [1.29, 1.82) is 0 Å². The minimum atomic E-state index is -0.501. The molecule has 1 aliphatic rings. The minimum absolute atomic E-state index is 0.360. The summed E-state index contributed by atoms with van der Waals surface area (Å²) in [6.45, 7) is 6.38. The largest absolute Gasteiger partial charge is 0.476 e. The Hall–Kier alpha value is -1.39. The number of nitrogens with zero attached hydrogens (tertiary/aromatic N) is 1.